The van der Waals surface area contributed by atoms with E-state index < -0.39 is 0 Å². The van der Waals surface area contributed by atoms with E-state index in [9.17, 15) is 0 Å². The van der Waals surface area contributed by atoms with Crippen LogP contribution in [0.3, 0.4) is 0 Å². The van der Waals surface area contributed by atoms with Crippen molar-refractivity contribution in [2.45, 2.75) is 33.4 Å². The lowest BCUT2D eigenvalue weighted by Gasteiger charge is -2.19. The molecule has 24 heavy (non-hydrogen) atoms. The van der Waals surface area contributed by atoms with Crippen LogP contribution in [0.2, 0.25) is 0 Å². The van der Waals surface area contributed by atoms with Crippen LogP contribution in [0, 0.1) is 0 Å². The summed E-state index contributed by atoms with van der Waals surface area (Å²) in [5.74, 6) is 2.42. The van der Waals surface area contributed by atoms with Crippen molar-refractivity contribution in [1.29, 1.82) is 0 Å². The SMILES string of the molecule is CCN(CC)CCOc1ccc(CNC2=NCC(C)N2)cc1OC. The van der Waals surface area contributed by atoms with Gasteiger partial charge in [0.05, 0.1) is 13.7 Å². The second kappa shape index (κ2) is 9.37. The van der Waals surface area contributed by atoms with Gasteiger partial charge >= 0.3 is 0 Å². The lowest BCUT2D eigenvalue weighted by atomic mass is 10.2. The molecule has 0 bridgehead atoms. The predicted octanol–water partition coefficient (Wildman–Crippen LogP) is 1.85. The molecular weight excluding hydrogens is 304 g/mol. The van der Waals surface area contributed by atoms with Gasteiger partial charge in [0.15, 0.2) is 17.5 Å². The summed E-state index contributed by atoms with van der Waals surface area (Å²) in [5.41, 5.74) is 1.13. The van der Waals surface area contributed by atoms with Gasteiger partial charge in [-0.05, 0) is 37.7 Å². The molecule has 1 aliphatic heterocycles. The smallest absolute Gasteiger partial charge is 0.191 e. The number of benzene rings is 1. The van der Waals surface area contributed by atoms with Crippen LogP contribution in [0.15, 0.2) is 23.2 Å². The Morgan fingerprint density at radius 3 is 2.71 bits per heavy atom. The van der Waals surface area contributed by atoms with E-state index in [4.69, 9.17) is 9.47 Å². The summed E-state index contributed by atoms with van der Waals surface area (Å²) in [6.45, 7) is 11.6. The molecular formula is C18H30N4O2. The maximum absolute atomic E-state index is 5.89. The highest BCUT2D eigenvalue weighted by molar-refractivity contribution is 5.81. The molecule has 6 heteroatoms. The van der Waals surface area contributed by atoms with Gasteiger partial charge < -0.3 is 25.0 Å². The maximum atomic E-state index is 5.89. The zero-order valence-electron chi connectivity index (χ0n) is 15.3. The Morgan fingerprint density at radius 2 is 2.08 bits per heavy atom. The molecule has 1 unspecified atom stereocenters. The molecule has 0 saturated carbocycles. The van der Waals surface area contributed by atoms with Crippen LogP contribution >= 0.6 is 0 Å². The number of nitrogens with zero attached hydrogens (tertiary/aromatic N) is 2. The summed E-state index contributed by atoms with van der Waals surface area (Å²) in [7, 11) is 1.67. The number of methoxy groups -OCH3 is 1. The summed E-state index contributed by atoms with van der Waals surface area (Å²) in [4.78, 5) is 6.73. The Morgan fingerprint density at radius 1 is 1.29 bits per heavy atom. The Kier molecular flexibility index (Phi) is 7.18. The average molecular weight is 334 g/mol. The van der Waals surface area contributed by atoms with Gasteiger partial charge in [-0.25, -0.2) is 0 Å². The minimum Gasteiger partial charge on any atom is -0.493 e. The molecule has 0 saturated heterocycles. The van der Waals surface area contributed by atoms with Crippen molar-refractivity contribution in [3.63, 3.8) is 0 Å². The fourth-order valence-corrected chi connectivity index (χ4v) is 2.61. The summed E-state index contributed by atoms with van der Waals surface area (Å²) >= 11 is 0. The standard InChI is InChI=1S/C18H30N4O2/c1-5-22(6-2)9-10-24-16-8-7-15(11-17(16)23-4)13-20-18-19-12-14(3)21-18/h7-8,11,14H,5-6,9-10,12-13H2,1-4H3,(H2,19,20,21). The molecule has 2 N–H and O–H groups in total. The predicted molar refractivity (Wildman–Crippen MR) is 98.0 cm³/mol. The summed E-state index contributed by atoms with van der Waals surface area (Å²) < 4.78 is 11.4. The molecule has 134 valence electrons. The number of likely N-dealkylation sites (N-methyl/N-ethyl adjacent to an activating group) is 1. The first-order valence-electron chi connectivity index (χ1n) is 8.73. The fraction of sp³-hybridized carbons (Fsp3) is 0.611. The molecule has 2 rings (SSSR count). The maximum Gasteiger partial charge on any atom is 0.191 e. The highest BCUT2D eigenvalue weighted by Gasteiger charge is 2.12. The average Bonchev–Trinajstić information content (AvgIpc) is 3.03. The minimum absolute atomic E-state index is 0.406. The third kappa shape index (κ3) is 5.30. The van der Waals surface area contributed by atoms with E-state index in [1.54, 1.807) is 7.11 Å². The number of hydrogen-bond acceptors (Lipinski definition) is 6. The van der Waals surface area contributed by atoms with Crippen molar-refractivity contribution in [1.82, 2.24) is 15.5 Å². The Balaban J connectivity index is 1.87. The lowest BCUT2D eigenvalue weighted by molar-refractivity contribution is 0.217. The van der Waals surface area contributed by atoms with Crippen LogP contribution in [0.4, 0.5) is 0 Å². The van der Waals surface area contributed by atoms with Gasteiger partial charge in [0.25, 0.3) is 0 Å². The van der Waals surface area contributed by atoms with Gasteiger partial charge in [0, 0.05) is 19.1 Å². The molecule has 0 radical (unpaired) electrons. The van der Waals surface area contributed by atoms with E-state index in [2.05, 4.69) is 47.4 Å². The number of rotatable bonds is 9. The summed E-state index contributed by atoms with van der Waals surface area (Å²) in [5, 5.41) is 6.60. The van der Waals surface area contributed by atoms with E-state index >= 15 is 0 Å². The van der Waals surface area contributed by atoms with Crippen LogP contribution < -0.4 is 20.1 Å². The van der Waals surface area contributed by atoms with E-state index in [0.29, 0.717) is 19.2 Å². The fourth-order valence-electron chi connectivity index (χ4n) is 2.61. The van der Waals surface area contributed by atoms with Gasteiger partial charge in [0.1, 0.15) is 6.61 Å². The van der Waals surface area contributed by atoms with Gasteiger partial charge in [0.2, 0.25) is 0 Å². The van der Waals surface area contributed by atoms with Crippen LogP contribution in [0.1, 0.15) is 26.3 Å². The second-order valence-electron chi connectivity index (χ2n) is 5.95. The Hall–Kier alpha value is -1.95. The third-order valence-corrected chi connectivity index (χ3v) is 4.15. The second-order valence-corrected chi connectivity index (χ2v) is 5.95. The molecule has 1 aromatic carbocycles. The lowest BCUT2D eigenvalue weighted by Crippen LogP contribution is -2.37. The molecule has 0 spiro atoms. The quantitative estimate of drug-likeness (QED) is 0.722. The van der Waals surface area contributed by atoms with Gasteiger partial charge in [-0.2, -0.15) is 0 Å². The van der Waals surface area contributed by atoms with E-state index in [1.165, 1.54) is 0 Å². The van der Waals surface area contributed by atoms with Gasteiger partial charge in [-0.15, -0.1) is 0 Å². The number of ether oxygens (including phenoxy) is 2. The molecule has 1 aromatic rings. The van der Waals surface area contributed by atoms with Crippen molar-refractivity contribution in [3.05, 3.63) is 23.8 Å². The molecule has 0 amide bonds. The molecule has 0 aromatic heterocycles. The van der Waals surface area contributed by atoms with Crippen LogP contribution in [0.5, 0.6) is 11.5 Å². The molecule has 1 atom stereocenters. The number of aliphatic imine (C=N–C) groups is 1. The molecule has 0 fully saturated rings. The van der Waals surface area contributed by atoms with Gasteiger partial charge in [-0.1, -0.05) is 19.9 Å². The van der Waals surface area contributed by atoms with E-state index in [1.807, 2.05) is 12.1 Å². The van der Waals surface area contributed by atoms with Crippen molar-refractivity contribution in [3.8, 4) is 11.5 Å². The number of guanidine groups is 1. The van der Waals surface area contributed by atoms with Crippen LogP contribution in [0.25, 0.3) is 0 Å². The zero-order valence-corrected chi connectivity index (χ0v) is 15.3. The first-order chi connectivity index (χ1) is 11.7. The van der Waals surface area contributed by atoms with Crippen molar-refractivity contribution >= 4 is 5.96 Å². The zero-order chi connectivity index (χ0) is 17.4. The van der Waals surface area contributed by atoms with E-state index in [-0.39, 0.29) is 0 Å². The normalized spacial score (nSPS) is 16.7. The van der Waals surface area contributed by atoms with Crippen molar-refractivity contribution in [2.75, 3.05) is 39.9 Å². The first kappa shape index (κ1) is 18.4. The Bertz CT molecular complexity index is 544. The highest BCUT2D eigenvalue weighted by atomic mass is 16.5. The highest BCUT2D eigenvalue weighted by Crippen LogP contribution is 2.28. The van der Waals surface area contributed by atoms with Crippen LogP contribution in [-0.4, -0.2) is 56.8 Å². The molecule has 6 nitrogen and oxygen atoms in total. The number of hydrogen-bond donors (Lipinski definition) is 2. The third-order valence-electron chi connectivity index (χ3n) is 4.15. The van der Waals surface area contributed by atoms with Crippen LogP contribution in [-0.2, 0) is 6.54 Å². The number of nitrogens with one attached hydrogen (secondary N) is 2. The monoisotopic (exact) mass is 334 g/mol. The summed E-state index contributed by atoms with van der Waals surface area (Å²) in [6.07, 6.45) is 0. The molecule has 1 aliphatic rings. The largest absolute Gasteiger partial charge is 0.493 e. The first-order valence-corrected chi connectivity index (χ1v) is 8.73. The van der Waals surface area contributed by atoms with Crippen molar-refractivity contribution in [2.24, 2.45) is 4.99 Å². The topological polar surface area (TPSA) is 58.1 Å². The van der Waals surface area contributed by atoms with E-state index in [0.717, 1.165) is 49.2 Å². The Labute approximate surface area is 145 Å². The molecule has 1 heterocycles. The minimum atomic E-state index is 0.406. The summed E-state index contributed by atoms with van der Waals surface area (Å²) in [6, 6.07) is 6.45. The molecule has 0 aliphatic carbocycles. The van der Waals surface area contributed by atoms with Crippen molar-refractivity contribution < 1.29 is 9.47 Å². The van der Waals surface area contributed by atoms with Gasteiger partial charge in [-0.3, -0.25) is 4.99 Å².